The lowest BCUT2D eigenvalue weighted by atomic mass is 10.1. The monoisotopic (exact) mass is 317 g/mol. The number of halogens is 1. The highest BCUT2D eigenvalue weighted by Crippen LogP contribution is 2.22. The molecule has 6 heteroatoms. The summed E-state index contributed by atoms with van der Waals surface area (Å²) in [5.74, 6) is 0.204. The second-order valence-electron chi connectivity index (χ2n) is 5.17. The Morgan fingerprint density at radius 3 is 2.50 bits per heavy atom. The van der Waals surface area contributed by atoms with Crippen LogP contribution in [0.4, 0.5) is 4.39 Å². The molecule has 4 rings (SSSR count). The molecule has 0 atom stereocenters. The van der Waals surface area contributed by atoms with Gasteiger partial charge < -0.3 is 0 Å². The molecule has 5 nitrogen and oxygen atoms in total. The highest BCUT2D eigenvalue weighted by atomic mass is 19.1. The maximum Gasteiger partial charge on any atom is 0.223 e. The van der Waals surface area contributed by atoms with Gasteiger partial charge in [0.25, 0.3) is 0 Å². The van der Waals surface area contributed by atoms with Crippen LogP contribution < -0.4 is 0 Å². The molecule has 2 heterocycles. The van der Waals surface area contributed by atoms with Gasteiger partial charge in [-0.05, 0) is 52.7 Å². The summed E-state index contributed by atoms with van der Waals surface area (Å²) in [4.78, 5) is 5.67. The average Bonchev–Trinajstić information content (AvgIpc) is 3.13. The van der Waals surface area contributed by atoms with Crippen molar-refractivity contribution in [1.82, 2.24) is 25.2 Å². The number of nitrogens with zero attached hydrogens (tertiary/aromatic N) is 5. The van der Waals surface area contributed by atoms with Crippen LogP contribution in [0.2, 0.25) is 0 Å². The summed E-state index contributed by atoms with van der Waals surface area (Å²) < 4.78 is 13.1. The van der Waals surface area contributed by atoms with Crippen molar-refractivity contribution in [1.29, 1.82) is 0 Å². The van der Waals surface area contributed by atoms with Crippen molar-refractivity contribution in [3.8, 4) is 28.3 Å². The zero-order chi connectivity index (χ0) is 16.4. The second-order valence-corrected chi connectivity index (χ2v) is 5.17. The van der Waals surface area contributed by atoms with E-state index in [1.807, 2.05) is 42.5 Å². The van der Waals surface area contributed by atoms with E-state index >= 15 is 0 Å². The number of tetrazole rings is 1. The van der Waals surface area contributed by atoms with Gasteiger partial charge in [-0.15, -0.1) is 15.0 Å². The maximum atomic E-state index is 13.1. The van der Waals surface area contributed by atoms with Crippen molar-refractivity contribution >= 4 is 0 Å². The van der Waals surface area contributed by atoms with E-state index < -0.39 is 0 Å². The average molecular weight is 317 g/mol. The minimum atomic E-state index is -0.257. The van der Waals surface area contributed by atoms with Gasteiger partial charge in [-0.2, -0.15) is 0 Å². The van der Waals surface area contributed by atoms with E-state index in [0.717, 1.165) is 16.8 Å². The van der Waals surface area contributed by atoms with Gasteiger partial charge in [0.2, 0.25) is 5.82 Å². The molecule has 0 spiro atoms. The Bertz CT molecular complexity index is 964. The Balaban J connectivity index is 1.69. The summed E-state index contributed by atoms with van der Waals surface area (Å²) in [5.41, 5.74) is 3.30. The van der Waals surface area contributed by atoms with Crippen molar-refractivity contribution in [3.63, 3.8) is 0 Å². The van der Waals surface area contributed by atoms with Gasteiger partial charge in [-0.25, -0.2) is 4.39 Å². The minimum absolute atomic E-state index is 0.257. The predicted molar refractivity (Wildman–Crippen MR) is 87.8 cm³/mol. The normalized spacial score (nSPS) is 10.7. The third-order valence-electron chi connectivity index (χ3n) is 3.56. The van der Waals surface area contributed by atoms with Crippen LogP contribution in [0.5, 0.6) is 0 Å². The lowest BCUT2D eigenvalue weighted by Crippen LogP contribution is -1.99. The first kappa shape index (κ1) is 14.2. The first-order valence-corrected chi connectivity index (χ1v) is 7.37. The van der Waals surface area contributed by atoms with Gasteiger partial charge in [0.05, 0.1) is 5.69 Å². The van der Waals surface area contributed by atoms with E-state index in [1.165, 1.54) is 16.9 Å². The fraction of sp³-hybridized carbons (Fsp3) is 0. The molecule has 0 aliphatic carbocycles. The number of aromatic nitrogens is 5. The number of hydrogen-bond acceptors (Lipinski definition) is 4. The number of benzene rings is 2. The summed E-state index contributed by atoms with van der Waals surface area (Å²) in [6, 6.07) is 19.6. The summed E-state index contributed by atoms with van der Waals surface area (Å²) in [6.45, 7) is 0. The highest BCUT2D eigenvalue weighted by Gasteiger charge is 2.09. The van der Waals surface area contributed by atoms with Gasteiger partial charge >= 0.3 is 0 Å². The van der Waals surface area contributed by atoms with E-state index in [0.29, 0.717) is 11.5 Å². The lowest BCUT2D eigenvalue weighted by Gasteiger charge is -2.04. The van der Waals surface area contributed by atoms with Gasteiger partial charge in [-0.3, -0.25) is 4.98 Å². The maximum absolute atomic E-state index is 13.1. The summed E-state index contributed by atoms with van der Waals surface area (Å²) in [7, 11) is 0. The molecule has 0 N–H and O–H groups in total. The van der Waals surface area contributed by atoms with Crippen molar-refractivity contribution in [3.05, 3.63) is 78.7 Å². The molecule has 0 fully saturated rings. The van der Waals surface area contributed by atoms with E-state index in [4.69, 9.17) is 0 Å². The zero-order valence-corrected chi connectivity index (χ0v) is 12.5. The van der Waals surface area contributed by atoms with Crippen LogP contribution in [0.15, 0.2) is 72.9 Å². The van der Waals surface area contributed by atoms with Crippen LogP contribution in [-0.2, 0) is 0 Å². The lowest BCUT2D eigenvalue weighted by molar-refractivity contribution is 0.628. The Kier molecular flexibility index (Phi) is 3.55. The molecule has 0 saturated heterocycles. The van der Waals surface area contributed by atoms with E-state index in [-0.39, 0.29) is 5.82 Å². The summed E-state index contributed by atoms with van der Waals surface area (Å²) >= 11 is 0. The van der Waals surface area contributed by atoms with Gasteiger partial charge in [0.1, 0.15) is 11.5 Å². The molecule has 0 bridgehead atoms. The fourth-order valence-electron chi connectivity index (χ4n) is 2.37. The smallest absolute Gasteiger partial charge is 0.223 e. The van der Waals surface area contributed by atoms with Crippen LogP contribution >= 0.6 is 0 Å². The molecule has 116 valence electrons. The first-order chi connectivity index (χ1) is 11.8. The van der Waals surface area contributed by atoms with E-state index in [2.05, 4.69) is 20.4 Å². The van der Waals surface area contributed by atoms with Gasteiger partial charge in [-0.1, -0.05) is 30.3 Å². The molecule has 4 aromatic rings. The Morgan fingerprint density at radius 1 is 0.833 bits per heavy atom. The molecule has 24 heavy (non-hydrogen) atoms. The predicted octanol–water partition coefficient (Wildman–Crippen LogP) is 3.53. The molecule has 0 aliphatic heterocycles. The largest absolute Gasteiger partial charge is 0.253 e. The van der Waals surface area contributed by atoms with Crippen LogP contribution in [0.3, 0.4) is 0 Å². The zero-order valence-electron chi connectivity index (χ0n) is 12.5. The molecule has 0 radical (unpaired) electrons. The van der Waals surface area contributed by atoms with E-state index in [1.54, 1.807) is 18.3 Å². The second kappa shape index (κ2) is 6.00. The van der Waals surface area contributed by atoms with Crippen LogP contribution in [-0.4, -0.2) is 25.2 Å². The molecule has 0 unspecified atom stereocenters. The number of hydrogen-bond donors (Lipinski definition) is 0. The topological polar surface area (TPSA) is 56.5 Å². The number of pyridine rings is 1. The Labute approximate surface area is 137 Å². The first-order valence-electron chi connectivity index (χ1n) is 7.37. The molecular formula is C18H12FN5. The highest BCUT2D eigenvalue weighted by molar-refractivity contribution is 5.65. The minimum Gasteiger partial charge on any atom is -0.253 e. The summed E-state index contributed by atoms with van der Waals surface area (Å²) in [6.07, 6.45) is 1.69. The molecule has 0 aliphatic rings. The quantitative estimate of drug-likeness (QED) is 0.580. The van der Waals surface area contributed by atoms with Gasteiger partial charge in [0.15, 0.2) is 0 Å². The molecular weight excluding hydrogens is 305 g/mol. The number of rotatable bonds is 3. The third kappa shape index (κ3) is 2.77. The van der Waals surface area contributed by atoms with Crippen LogP contribution in [0.1, 0.15) is 0 Å². The van der Waals surface area contributed by atoms with Crippen molar-refractivity contribution in [2.24, 2.45) is 0 Å². The molecule has 2 aromatic heterocycles. The molecule has 0 saturated carbocycles. The fourth-order valence-corrected chi connectivity index (χ4v) is 2.37. The summed E-state index contributed by atoms with van der Waals surface area (Å²) in [5, 5.41) is 12.5. The van der Waals surface area contributed by atoms with Crippen molar-refractivity contribution in [2.75, 3.05) is 0 Å². The molecule has 2 aromatic carbocycles. The third-order valence-corrected chi connectivity index (χ3v) is 3.56. The van der Waals surface area contributed by atoms with Gasteiger partial charge in [0, 0.05) is 6.20 Å². The standard InChI is InChI=1S/C18H12FN5/c19-15-9-7-13(8-10-15)14-4-3-5-16(12-14)24-22-18(21-23-24)17-6-1-2-11-20-17/h1-12H. The molecule has 0 amide bonds. The van der Waals surface area contributed by atoms with Crippen molar-refractivity contribution < 1.29 is 4.39 Å². The Hall–Kier alpha value is -3.41. The van der Waals surface area contributed by atoms with Crippen LogP contribution in [0.25, 0.3) is 28.3 Å². The van der Waals surface area contributed by atoms with E-state index in [9.17, 15) is 4.39 Å². The SMILES string of the molecule is Fc1ccc(-c2cccc(-n3nnc(-c4ccccn4)n3)c2)cc1. The Morgan fingerprint density at radius 2 is 1.71 bits per heavy atom. The van der Waals surface area contributed by atoms with Crippen LogP contribution in [0, 0.1) is 5.82 Å². The van der Waals surface area contributed by atoms with Crippen molar-refractivity contribution in [2.45, 2.75) is 0 Å².